The number of nitrogens with zero attached hydrogens (tertiary/aromatic N) is 3. The molecule has 5 nitrogen and oxygen atoms in total. The highest BCUT2D eigenvalue weighted by atomic mass is 16.2. The van der Waals surface area contributed by atoms with E-state index in [1.807, 2.05) is 13.0 Å². The second kappa shape index (κ2) is 7.98. The monoisotopic (exact) mass is 443 g/mol. The number of benzene rings is 2. The fourth-order valence-electron chi connectivity index (χ4n) is 7.32. The number of carbonyl (C=O) groups is 2. The average Bonchev–Trinajstić information content (AvgIpc) is 3.31. The molecule has 0 aromatic heterocycles. The number of likely N-dealkylation sites (tertiary alicyclic amines) is 2. The Labute approximate surface area is 196 Å². The molecule has 0 bridgehead atoms. The Hall–Kier alpha value is -2.66. The number of carbonyl (C=O) groups excluding carboxylic acids is 2. The molecular formula is C28H33N3O2. The molecule has 3 atom stereocenters. The van der Waals surface area contributed by atoms with Gasteiger partial charge in [-0.1, -0.05) is 42.5 Å². The van der Waals surface area contributed by atoms with E-state index in [-0.39, 0.29) is 29.2 Å². The molecule has 2 aromatic rings. The molecule has 0 radical (unpaired) electrons. The van der Waals surface area contributed by atoms with Gasteiger partial charge in [0.05, 0.1) is 17.4 Å². The third-order valence-electron chi connectivity index (χ3n) is 8.84. The van der Waals surface area contributed by atoms with Crippen LogP contribution in [0, 0.1) is 11.8 Å². The summed E-state index contributed by atoms with van der Waals surface area (Å²) in [6, 6.07) is 19.8. The van der Waals surface area contributed by atoms with Crippen molar-refractivity contribution in [2.75, 3.05) is 31.1 Å². The minimum absolute atomic E-state index is 0.0361. The van der Waals surface area contributed by atoms with Gasteiger partial charge in [0.15, 0.2) is 0 Å². The van der Waals surface area contributed by atoms with Crippen LogP contribution in [0.3, 0.4) is 0 Å². The predicted octanol–water partition coefficient (Wildman–Crippen LogP) is 4.04. The van der Waals surface area contributed by atoms with Crippen LogP contribution < -0.4 is 4.90 Å². The van der Waals surface area contributed by atoms with E-state index >= 15 is 0 Å². The summed E-state index contributed by atoms with van der Waals surface area (Å²) in [5, 5.41) is 0. The maximum absolute atomic E-state index is 13.5. The number of fused-ring (bicyclic) bond motifs is 3. The smallest absolute Gasteiger partial charge is 0.235 e. The van der Waals surface area contributed by atoms with E-state index in [9.17, 15) is 9.59 Å². The predicted molar refractivity (Wildman–Crippen MR) is 129 cm³/mol. The minimum atomic E-state index is -0.270. The standard InChI is InChI=1S/C28H33N3O2/c1-2-30-26(32)23-19-31(21-11-4-3-5-12-21)28(25(23)27(30)33)15-17-29(18-16-28)24-14-8-10-20-9-6-7-13-22(20)24/h3-7,9,11-13,23-25H,2,8,10,14-19H2,1H3/t23-,24-,25+/m1/s1. The molecule has 5 heteroatoms. The summed E-state index contributed by atoms with van der Waals surface area (Å²) in [5.41, 5.74) is 3.86. The first-order valence-electron chi connectivity index (χ1n) is 12.6. The zero-order valence-electron chi connectivity index (χ0n) is 19.5. The molecule has 2 aromatic carbocycles. The molecule has 33 heavy (non-hydrogen) atoms. The van der Waals surface area contributed by atoms with Crippen molar-refractivity contribution in [3.05, 3.63) is 65.7 Å². The van der Waals surface area contributed by atoms with Gasteiger partial charge >= 0.3 is 0 Å². The van der Waals surface area contributed by atoms with Crippen molar-refractivity contribution in [2.24, 2.45) is 11.8 Å². The van der Waals surface area contributed by atoms with Crippen molar-refractivity contribution < 1.29 is 9.59 Å². The number of para-hydroxylation sites is 1. The summed E-state index contributed by atoms with van der Waals surface area (Å²) in [5.74, 6) is -0.332. The molecule has 2 amide bonds. The van der Waals surface area contributed by atoms with Crippen LogP contribution >= 0.6 is 0 Å². The van der Waals surface area contributed by atoms with E-state index in [0.717, 1.165) is 31.6 Å². The van der Waals surface area contributed by atoms with Crippen LogP contribution in [0.1, 0.15) is 49.8 Å². The lowest BCUT2D eigenvalue weighted by Gasteiger charge is -2.50. The number of aryl methyl sites for hydroxylation is 1. The van der Waals surface area contributed by atoms with Crippen molar-refractivity contribution >= 4 is 17.5 Å². The quantitative estimate of drug-likeness (QED) is 0.672. The molecule has 172 valence electrons. The Morgan fingerprint density at radius 1 is 0.939 bits per heavy atom. The summed E-state index contributed by atoms with van der Waals surface area (Å²) in [6.07, 6.45) is 5.48. The highest BCUT2D eigenvalue weighted by molar-refractivity contribution is 6.07. The number of rotatable bonds is 3. The van der Waals surface area contributed by atoms with Crippen LogP contribution in [-0.2, 0) is 16.0 Å². The average molecular weight is 444 g/mol. The number of anilines is 1. The molecule has 4 aliphatic rings. The molecule has 3 saturated heterocycles. The number of hydrogen-bond donors (Lipinski definition) is 0. The van der Waals surface area contributed by atoms with Gasteiger partial charge in [-0.25, -0.2) is 0 Å². The molecule has 0 unspecified atom stereocenters. The zero-order valence-corrected chi connectivity index (χ0v) is 19.5. The number of imide groups is 1. The first-order valence-corrected chi connectivity index (χ1v) is 12.6. The largest absolute Gasteiger partial charge is 0.364 e. The second-order valence-corrected chi connectivity index (χ2v) is 10.2. The highest BCUT2D eigenvalue weighted by Crippen LogP contribution is 2.52. The topological polar surface area (TPSA) is 43.9 Å². The molecule has 0 N–H and O–H groups in total. The fraction of sp³-hybridized carbons (Fsp3) is 0.500. The van der Waals surface area contributed by atoms with Gasteiger partial charge < -0.3 is 4.90 Å². The van der Waals surface area contributed by atoms with Gasteiger partial charge in [0.1, 0.15) is 0 Å². The highest BCUT2D eigenvalue weighted by Gasteiger charge is 2.64. The summed E-state index contributed by atoms with van der Waals surface area (Å²) < 4.78 is 0. The SMILES string of the molecule is CCN1C(=O)[C@@H]2[C@@H](CN(c3ccccc3)C23CCN([C@@H]2CCCc4ccccc42)CC3)C1=O. The maximum atomic E-state index is 13.5. The number of piperidine rings is 1. The first kappa shape index (κ1) is 20.9. The summed E-state index contributed by atoms with van der Waals surface area (Å²) >= 11 is 0. The lowest BCUT2D eigenvalue weighted by Crippen LogP contribution is -2.58. The molecule has 1 spiro atoms. The fourth-order valence-corrected chi connectivity index (χ4v) is 7.32. The first-order chi connectivity index (χ1) is 16.1. The molecule has 6 rings (SSSR count). The maximum Gasteiger partial charge on any atom is 0.235 e. The van der Waals surface area contributed by atoms with Gasteiger partial charge in [-0.2, -0.15) is 0 Å². The van der Waals surface area contributed by atoms with Gasteiger partial charge in [-0.05, 0) is 62.3 Å². The molecule has 3 heterocycles. The van der Waals surface area contributed by atoms with E-state index < -0.39 is 0 Å². The van der Waals surface area contributed by atoms with Crippen molar-refractivity contribution in [1.82, 2.24) is 9.80 Å². The minimum Gasteiger partial charge on any atom is -0.364 e. The van der Waals surface area contributed by atoms with E-state index in [4.69, 9.17) is 0 Å². The second-order valence-electron chi connectivity index (χ2n) is 10.2. The molecule has 3 fully saturated rings. The molecule has 0 saturated carbocycles. The lowest BCUT2D eigenvalue weighted by atomic mass is 9.73. The van der Waals surface area contributed by atoms with E-state index in [1.54, 1.807) is 0 Å². The Kier molecular flexibility index (Phi) is 5.06. The van der Waals surface area contributed by atoms with Crippen LogP contribution in [0.5, 0.6) is 0 Å². The van der Waals surface area contributed by atoms with E-state index in [1.165, 1.54) is 35.3 Å². The van der Waals surface area contributed by atoms with Gasteiger partial charge in [-0.15, -0.1) is 0 Å². The van der Waals surface area contributed by atoms with Crippen LogP contribution in [-0.4, -0.2) is 53.3 Å². The van der Waals surface area contributed by atoms with Crippen molar-refractivity contribution in [1.29, 1.82) is 0 Å². The molecule has 3 aliphatic heterocycles. The van der Waals surface area contributed by atoms with Gasteiger partial charge in [0, 0.05) is 37.9 Å². The Morgan fingerprint density at radius 3 is 2.42 bits per heavy atom. The van der Waals surface area contributed by atoms with E-state index in [0.29, 0.717) is 19.1 Å². The van der Waals surface area contributed by atoms with Crippen molar-refractivity contribution in [2.45, 2.75) is 50.6 Å². The van der Waals surface area contributed by atoms with E-state index in [2.05, 4.69) is 58.3 Å². The summed E-state index contributed by atoms with van der Waals surface area (Å²) in [7, 11) is 0. The normalized spacial score (nSPS) is 28.9. The lowest BCUT2D eigenvalue weighted by molar-refractivity contribution is -0.140. The number of amides is 2. The van der Waals surface area contributed by atoms with Crippen LogP contribution in [0.2, 0.25) is 0 Å². The summed E-state index contributed by atoms with van der Waals surface area (Å²) in [6.45, 7) is 5.00. The van der Waals surface area contributed by atoms with Crippen LogP contribution in [0.15, 0.2) is 54.6 Å². The Morgan fingerprint density at radius 2 is 1.67 bits per heavy atom. The number of hydrogen-bond acceptors (Lipinski definition) is 4. The Bertz CT molecular complexity index is 1060. The third-order valence-corrected chi connectivity index (χ3v) is 8.84. The van der Waals surface area contributed by atoms with Gasteiger partial charge in [0.2, 0.25) is 11.8 Å². The molecular weight excluding hydrogens is 410 g/mol. The van der Waals surface area contributed by atoms with Gasteiger partial charge in [-0.3, -0.25) is 19.4 Å². The zero-order chi connectivity index (χ0) is 22.6. The van der Waals surface area contributed by atoms with Crippen molar-refractivity contribution in [3.8, 4) is 0 Å². The van der Waals surface area contributed by atoms with Crippen molar-refractivity contribution in [3.63, 3.8) is 0 Å². The third kappa shape index (κ3) is 3.08. The van der Waals surface area contributed by atoms with Crippen LogP contribution in [0.25, 0.3) is 0 Å². The molecule has 1 aliphatic carbocycles. The van der Waals surface area contributed by atoms with Crippen LogP contribution in [0.4, 0.5) is 5.69 Å². The van der Waals surface area contributed by atoms with Gasteiger partial charge in [0.25, 0.3) is 0 Å². The Balaban J connectivity index is 1.32. The summed E-state index contributed by atoms with van der Waals surface area (Å²) in [4.78, 5) is 33.2.